The van der Waals surface area contributed by atoms with Crippen LogP contribution in [0.5, 0.6) is 0 Å². The Morgan fingerprint density at radius 2 is 1.80 bits per heavy atom. The Labute approximate surface area is 163 Å². The molecule has 25 heavy (non-hydrogen) atoms. The van der Waals surface area contributed by atoms with Crippen LogP contribution in [0.3, 0.4) is 0 Å². The van der Waals surface area contributed by atoms with E-state index in [2.05, 4.69) is 30.7 Å². The van der Waals surface area contributed by atoms with Crippen LogP contribution in [0, 0.1) is 5.41 Å². The lowest BCUT2D eigenvalue weighted by Gasteiger charge is -2.45. The van der Waals surface area contributed by atoms with Crippen molar-refractivity contribution in [3.63, 3.8) is 0 Å². The zero-order valence-corrected chi connectivity index (χ0v) is 18.4. The van der Waals surface area contributed by atoms with E-state index in [1.54, 1.807) is 0 Å². The minimum Gasteiger partial charge on any atom is -0.591 e. The first-order valence-electron chi connectivity index (χ1n) is 8.84. The standard InChI is InChI=1S/C18H28ClN3OS2/c1-16(2,3)22-9-7-18(8-10-22)11-12-13(24-15(19)20-12)14(18)21-25(23)17(4,5)6/h7-11H2,1-6H3/b21-14+/t25-/m1/s1. The second kappa shape index (κ2) is 6.48. The van der Waals surface area contributed by atoms with E-state index in [1.165, 1.54) is 11.3 Å². The van der Waals surface area contributed by atoms with Crippen molar-refractivity contribution in [2.45, 2.75) is 71.1 Å². The molecule has 1 fully saturated rings. The predicted octanol–water partition coefficient (Wildman–Crippen LogP) is 4.48. The fraction of sp³-hybridized carbons (Fsp3) is 0.778. The number of piperidine rings is 1. The van der Waals surface area contributed by atoms with Gasteiger partial charge in [0.2, 0.25) is 0 Å². The molecule has 0 bridgehead atoms. The Morgan fingerprint density at radius 3 is 2.32 bits per heavy atom. The maximum Gasteiger partial charge on any atom is 0.184 e. The van der Waals surface area contributed by atoms with Crippen LogP contribution in [0.25, 0.3) is 0 Å². The van der Waals surface area contributed by atoms with Crippen LogP contribution in [-0.4, -0.2) is 43.5 Å². The second-order valence-electron chi connectivity index (χ2n) is 9.16. The van der Waals surface area contributed by atoms with Crippen molar-refractivity contribution in [1.82, 2.24) is 9.88 Å². The summed E-state index contributed by atoms with van der Waals surface area (Å²) in [5.41, 5.74) is 2.19. The predicted molar refractivity (Wildman–Crippen MR) is 108 cm³/mol. The average Bonchev–Trinajstić information content (AvgIpc) is 2.93. The van der Waals surface area contributed by atoms with Gasteiger partial charge in [0, 0.05) is 17.4 Å². The maximum absolute atomic E-state index is 12.8. The Morgan fingerprint density at radius 1 is 1.20 bits per heavy atom. The molecular weight excluding hydrogens is 374 g/mol. The molecule has 1 saturated heterocycles. The summed E-state index contributed by atoms with van der Waals surface area (Å²) in [4.78, 5) is 8.11. The third kappa shape index (κ3) is 3.79. The molecule has 0 N–H and O–H groups in total. The van der Waals surface area contributed by atoms with E-state index in [1.807, 2.05) is 20.8 Å². The van der Waals surface area contributed by atoms with E-state index in [4.69, 9.17) is 16.0 Å². The van der Waals surface area contributed by atoms with Gasteiger partial charge in [-0.25, -0.2) is 4.98 Å². The van der Waals surface area contributed by atoms with Gasteiger partial charge in [0.1, 0.15) is 21.8 Å². The highest BCUT2D eigenvalue weighted by Crippen LogP contribution is 2.48. The summed E-state index contributed by atoms with van der Waals surface area (Å²) in [6.45, 7) is 14.8. The van der Waals surface area contributed by atoms with E-state index in [0.717, 1.165) is 48.6 Å². The molecule has 1 aliphatic heterocycles. The van der Waals surface area contributed by atoms with Crippen LogP contribution in [0.1, 0.15) is 65.0 Å². The molecule has 0 amide bonds. The van der Waals surface area contributed by atoms with Crippen molar-refractivity contribution in [3.8, 4) is 0 Å². The molecule has 0 aromatic carbocycles. The number of hydrogen-bond acceptors (Lipinski definition) is 5. The van der Waals surface area contributed by atoms with Crippen molar-refractivity contribution in [3.05, 3.63) is 15.0 Å². The molecule has 1 atom stereocenters. The van der Waals surface area contributed by atoms with Crippen molar-refractivity contribution < 1.29 is 4.55 Å². The van der Waals surface area contributed by atoms with Gasteiger partial charge in [0.25, 0.3) is 0 Å². The smallest absolute Gasteiger partial charge is 0.184 e. The number of likely N-dealkylation sites (tertiary alicyclic amines) is 1. The summed E-state index contributed by atoms with van der Waals surface area (Å²) in [6, 6.07) is 0. The van der Waals surface area contributed by atoms with E-state index < -0.39 is 11.4 Å². The average molecular weight is 402 g/mol. The third-order valence-corrected chi connectivity index (χ3v) is 7.87. The number of hydrogen-bond donors (Lipinski definition) is 0. The summed E-state index contributed by atoms with van der Waals surface area (Å²) in [5.74, 6) is 0. The number of thiazole rings is 1. The summed E-state index contributed by atoms with van der Waals surface area (Å²) in [7, 11) is 0. The number of nitrogens with zero attached hydrogens (tertiary/aromatic N) is 3. The molecule has 3 rings (SSSR count). The molecule has 7 heteroatoms. The molecule has 1 aliphatic carbocycles. The van der Waals surface area contributed by atoms with E-state index in [0.29, 0.717) is 4.47 Å². The van der Waals surface area contributed by atoms with Gasteiger partial charge in [-0.15, -0.1) is 11.3 Å². The Kier molecular flexibility index (Phi) is 5.09. The molecule has 2 heterocycles. The van der Waals surface area contributed by atoms with Gasteiger partial charge in [-0.1, -0.05) is 16.0 Å². The monoisotopic (exact) mass is 401 g/mol. The summed E-state index contributed by atoms with van der Waals surface area (Å²) in [5, 5.41) is 0. The van der Waals surface area contributed by atoms with Gasteiger partial charge in [0.15, 0.2) is 4.47 Å². The van der Waals surface area contributed by atoms with Crippen LogP contribution in [0.2, 0.25) is 4.47 Å². The highest BCUT2D eigenvalue weighted by molar-refractivity contribution is 7.91. The highest BCUT2D eigenvalue weighted by Gasteiger charge is 2.50. The molecule has 0 saturated carbocycles. The van der Waals surface area contributed by atoms with Gasteiger partial charge >= 0.3 is 0 Å². The van der Waals surface area contributed by atoms with E-state index in [-0.39, 0.29) is 15.7 Å². The molecule has 0 unspecified atom stereocenters. The van der Waals surface area contributed by atoms with Crippen molar-refractivity contribution >= 4 is 40.0 Å². The first-order valence-corrected chi connectivity index (χ1v) is 11.1. The number of halogens is 1. The normalized spacial score (nSPS) is 24.1. The van der Waals surface area contributed by atoms with Gasteiger partial charge in [0.05, 0.1) is 10.6 Å². The zero-order chi connectivity index (χ0) is 18.6. The fourth-order valence-electron chi connectivity index (χ4n) is 3.65. The Bertz CT molecular complexity index is 679. The SMILES string of the molecule is CC(C)(C)N1CCC2(CC1)Cc1nc(Cl)sc1/C2=N\[S@+]([O-])C(C)(C)C. The molecule has 2 aliphatic rings. The Balaban J connectivity index is 1.94. The van der Waals surface area contributed by atoms with Gasteiger partial charge in [-0.3, -0.25) is 4.90 Å². The number of aromatic nitrogens is 1. The van der Waals surface area contributed by atoms with Gasteiger partial charge < -0.3 is 4.55 Å². The van der Waals surface area contributed by atoms with Crippen LogP contribution < -0.4 is 0 Å². The van der Waals surface area contributed by atoms with Crippen LogP contribution in [0.15, 0.2) is 4.40 Å². The summed E-state index contributed by atoms with van der Waals surface area (Å²) in [6.07, 6.45) is 2.94. The van der Waals surface area contributed by atoms with Crippen LogP contribution >= 0.6 is 22.9 Å². The first kappa shape index (κ1) is 19.6. The van der Waals surface area contributed by atoms with Crippen LogP contribution in [-0.2, 0) is 17.8 Å². The topological polar surface area (TPSA) is 51.5 Å². The first-order chi connectivity index (χ1) is 11.4. The molecular formula is C18H28ClN3OS2. The van der Waals surface area contributed by atoms with E-state index in [9.17, 15) is 4.55 Å². The second-order valence-corrected chi connectivity index (χ2v) is 12.6. The Hall–Kier alpha value is -0.140. The molecule has 0 radical (unpaired) electrons. The van der Waals surface area contributed by atoms with Gasteiger partial charge in [-0.2, -0.15) is 0 Å². The maximum atomic E-state index is 12.8. The lowest BCUT2D eigenvalue weighted by molar-refractivity contribution is 0.0719. The zero-order valence-electron chi connectivity index (χ0n) is 16.0. The van der Waals surface area contributed by atoms with E-state index >= 15 is 0 Å². The quantitative estimate of drug-likeness (QED) is 0.651. The van der Waals surface area contributed by atoms with Crippen LogP contribution in [0.4, 0.5) is 0 Å². The third-order valence-electron chi connectivity index (χ3n) is 5.26. The fourth-order valence-corrected chi connectivity index (χ4v) is 5.68. The van der Waals surface area contributed by atoms with Crippen molar-refractivity contribution in [1.29, 1.82) is 0 Å². The molecule has 140 valence electrons. The largest absolute Gasteiger partial charge is 0.591 e. The molecule has 4 nitrogen and oxygen atoms in total. The molecule has 1 aromatic heterocycles. The minimum absolute atomic E-state index is 0.0264. The summed E-state index contributed by atoms with van der Waals surface area (Å²) < 4.78 is 17.7. The van der Waals surface area contributed by atoms with Crippen molar-refractivity contribution in [2.75, 3.05) is 13.1 Å². The number of fused-ring (bicyclic) bond motifs is 1. The highest BCUT2D eigenvalue weighted by atomic mass is 35.5. The van der Waals surface area contributed by atoms with Crippen molar-refractivity contribution in [2.24, 2.45) is 9.81 Å². The van der Waals surface area contributed by atoms with Gasteiger partial charge in [-0.05, 0) is 67.5 Å². The lowest BCUT2D eigenvalue weighted by Crippen LogP contribution is -2.50. The number of rotatable bonds is 1. The molecule has 1 aromatic rings. The lowest BCUT2D eigenvalue weighted by atomic mass is 9.74. The summed E-state index contributed by atoms with van der Waals surface area (Å²) >= 11 is 6.37. The minimum atomic E-state index is -1.27. The molecule has 1 spiro atoms.